The molecule has 66 valence electrons. The van der Waals surface area contributed by atoms with E-state index < -0.39 is 11.4 Å². The van der Waals surface area contributed by atoms with Gasteiger partial charge in [-0.3, -0.25) is 4.79 Å². The molecule has 0 aromatic rings. The highest BCUT2D eigenvalue weighted by Crippen LogP contribution is 2.27. The van der Waals surface area contributed by atoms with Crippen LogP contribution in [0.3, 0.4) is 0 Å². The van der Waals surface area contributed by atoms with E-state index in [1.165, 1.54) is 0 Å². The molecule has 1 rings (SSSR count). The van der Waals surface area contributed by atoms with Crippen LogP contribution in [0, 0.1) is 11.3 Å². The maximum atomic E-state index is 10.8. The molecule has 0 aromatic carbocycles. The van der Waals surface area contributed by atoms with Crippen LogP contribution in [-0.4, -0.2) is 11.1 Å². The van der Waals surface area contributed by atoms with E-state index in [2.05, 4.69) is 6.92 Å². The summed E-state index contributed by atoms with van der Waals surface area (Å²) in [6.45, 7) is 3.79. The zero-order valence-electron chi connectivity index (χ0n) is 7.45. The van der Waals surface area contributed by atoms with E-state index in [9.17, 15) is 4.79 Å². The first-order valence-electron chi connectivity index (χ1n) is 4.20. The molecule has 0 aromatic heterocycles. The summed E-state index contributed by atoms with van der Waals surface area (Å²) in [5.41, 5.74) is -0.786. The SMILES string of the molecule is CCC1C=CC(C)(C(=O)O)C=C1. The second-order valence-corrected chi connectivity index (χ2v) is 3.38. The molecule has 0 bridgehead atoms. The van der Waals surface area contributed by atoms with Crippen LogP contribution in [0.2, 0.25) is 0 Å². The molecule has 2 nitrogen and oxygen atoms in total. The molecular formula is C10H14O2. The monoisotopic (exact) mass is 166 g/mol. The fourth-order valence-corrected chi connectivity index (χ4v) is 1.18. The third kappa shape index (κ3) is 1.58. The van der Waals surface area contributed by atoms with Crippen LogP contribution in [0.1, 0.15) is 20.3 Å². The highest BCUT2D eigenvalue weighted by molar-refractivity contribution is 5.79. The predicted molar refractivity (Wildman–Crippen MR) is 47.8 cm³/mol. The van der Waals surface area contributed by atoms with Gasteiger partial charge in [0, 0.05) is 0 Å². The van der Waals surface area contributed by atoms with Crippen molar-refractivity contribution >= 4 is 5.97 Å². The highest BCUT2D eigenvalue weighted by atomic mass is 16.4. The first-order chi connectivity index (χ1) is 5.58. The van der Waals surface area contributed by atoms with Crippen molar-refractivity contribution in [1.29, 1.82) is 0 Å². The fourth-order valence-electron chi connectivity index (χ4n) is 1.18. The number of rotatable bonds is 2. The molecule has 2 heteroatoms. The smallest absolute Gasteiger partial charge is 0.317 e. The van der Waals surface area contributed by atoms with Gasteiger partial charge in [0.05, 0.1) is 0 Å². The fraction of sp³-hybridized carbons (Fsp3) is 0.500. The van der Waals surface area contributed by atoms with Gasteiger partial charge in [-0.15, -0.1) is 0 Å². The summed E-state index contributed by atoms with van der Waals surface area (Å²) in [5, 5.41) is 8.85. The molecule has 0 spiro atoms. The molecule has 0 saturated carbocycles. The Bertz CT molecular complexity index is 224. The summed E-state index contributed by atoms with van der Waals surface area (Å²) in [5.74, 6) is -0.373. The van der Waals surface area contributed by atoms with Crippen molar-refractivity contribution in [2.45, 2.75) is 20.3 Å². The Balaban J connectivity index is 2.78. The highest BCUT2D eigenvalue weighted by Gasteiger charge is 2.28. The van der Waals surface area contributed by atoms with E-state index in [-0.39, 0.29) is 0 Å². The van der Waals surface area contributed by atoms with Gasteiger partial charge in [0.1, 0.15) is 5.41 Å². The number of hydrogen-bond acceptors (Lipinski definition) is 1. The molecule has 0 fully saturated rings. The number of hydrogen-bond donors (Lipinski definition) is 1. The number of carboxylic acid groups (broad SMARTS) is 1. The van der Waals surface area contributed by atoms with Gasteiger partial charge in [-0.1, -0.05) is 31.2 Å². The number of aliphatic carboxylic acids is 1. The van der Waals surface area contributed by atoms with Crippen molar-refractivity contribution in [1.82, 2.24) is 0 Å². The van der Waals surface area contributed by atoms with Gasteiger partial charge in [0.15, 0.2) is 0 Å². The Hall–Kier alpha value is -1.05. The summed E-state index contributed by atoms with van der Waals surface area (Å²) >= 11 is 0. The minimum absolute atomic E-state index is 0.414. The largest absolute Gasteiger partial charge is 0.480 e. The minimum Gasteiger partial charge on any atom is -0.480 e. The summed E-state index contributed by atoms with van der Waals surface area (Å²) in [7, 11) is 0. The zero-order valence-corrected chi connectivity index (χ0v) is 7.45. The van der Waals surface area contributed by atoms with Gasteiger partial charge in [-0.2, -0.15) is 0 Å². The van der Waals surface area contributed by atoms with Crippen molar-refractivity contribution in [3.05, 3.63) is 24.3 Å². The van der Waals surface area contributed by atoms with E-state index in [4.69, 9.17) is 5.11 Å². The van der Waals surface area contributed by atoms with Crippen molar-refractivity contribution in [3.63, 3.8) is 0 Å². The van der Waals surface area contributed by atoms with Crippen LogP contribution in [-0.2, 0) is 4.79 Å². The molecule has 12 heavy (non-hydrogen) atoms. The van der Waals surface area contributed by atoms with Crippen LogP contribution in [0.4, 0.5) is 0 Å². The second kappa shape index (κ2) is 3.13. The quantitative estimate of drug-likeness (QED) is 0.639. The van der Waals surface area contributed by atoms with E-state index in [1.807, 2.05) is 12.2 Å². The average molecular weight is 166 g/mol. The molecule has 1 aliphatic rings. The third-order valence-corrected chi connectivity index (χ3v) is 2.31. The molecular weight excluding hydrogens is 152 g/mol. The standard InChI is InChI=1S/C10H14O2/c1-3-8-4-6-10(2,7-5-8)9(11)12/h4-8H,3H2,1-2H3,(H,11,12). The molecule has 0 atom stereocenters. The van der Waals surface area contributed by atoms with Crippen LogP contribution < -0.4 is 0 Å². The first-order valence-corrected chi connectivity index (χ1v) is 4.20. The van der Waals surface area contributed by atoms with Crippen LogP contribution in [0.15, 0.2) is 24.3 Å². The van der Waals surface area contributed by atoms with Gasteiger partial charge in [0.25, 0.3) is 0 Å². The lowest BCUT2D eigenvalue weighted by molar-refractivity contribution is -0.142. The molecule has 0 amide bonds. The Morgan fingerprint density at radius 2 is 2.00 bits per heavy atom. The lowest BCUT2D eigenvalue weighted by Gasteiger charge is -2.21. The molecule has 1 N–H and O–H groups in total. The average Bonchev–Trinajstić information content (AvgIpc) is 2.06. The maximum Gasteiger partial charge on any atom is 0.317 e. The molecule has 0 aliphatic heterocycles. The Labute approximate surface area is 72.6 Å². The molecule has 0 unspecified atom stereocenters. The topological polar surface area (TPSA) is 37.3 Å². The summed E-state index contributed by atoms with van der Waals surface area (Å²) < 4.78 is 0. The van der Waals surface area contributed by atoms with Gasteiger partial charge >= 0.3 is 5.97 Å². The van der Waals surface area contributed by atoms with E-state index in [0.29, 0.717) is 5.92 Å². The van der Waals surface area contributed by atoms with Crippen molar-refractivity contribution in [3.8, 4) is 0 Å². The third-order valence-electron chi connectivity index (χ3n) is 2.31. The van der Waals surface area contributed by atoms with Crippen molar-refractivity contribution < 1.29 is 9.90 Å². The minimum atomic E-state index is -0.787. The van der Waals surface area contributed by atoms with E-state index >= 15 is 0 Å². The van der Waals surface area contributed by atoms with Crippen LogP contribution in [0.25, 0.3) is 0 Å². The maximum absolute atomic E-state index is 10.8. The van der Waals surface area contributed by atoms with Gasteiger partial charge in [0.2, 0.25) is 0 Å². The normalized spacial score (nSPS) is 33.7. The number of allylic oxidation sites excluding steroid dienone is 2. The summed E-state index contributed by atoms with van der Waals surface area (Å²) in [6.07, 6.45) is 8.50. The van der Waals surface area contributed by atoms with Gasteiger partial charge in [-0.25, -0.2) is 0 Å². The van der Waals surface area contributed by atoms with E-state index in [0.717, 1.165) is 6.42 Å². The molecule has 1 aliphatic carbocycles. The Kier molecular flexibility index (Phi) is 2.36. The van der Waals surface area contributed by atoms with Crippen molar-refractivity contribution in [2.24, 2.45) is 11.3 Å². The van der Waals surface area contributed by atoms with Crippen molar-refractivity contribution in [2.75, 3.05) is 0 Å². The first kappa shape index (κ1) is 9.04. The Morgan fingerprint density at radius 1 is 1.50 bits per heavy atom. The lowest BCUT2D eigenvalue weighted by atomic mass is 9.83. The molecule has 0 saturated heterocycles. The molecule has 0 radical (unpaired) electrons. The lowest BCUT2D eigenvalue weighted by Crippen LogP contribution is -2.24. The van der Waals surface area contributed by atoms with Gasteiger partial charge < -0.3 is 5.11 Å². The zero-order chi connectivity index (χ0) is 9.19. The van der Waals surface area contributed by atoms with E-state index in [1.54, 1.807) is 19.1 Å². The van der Waals surface area contributed by atoms with Crippen LogP contribution >= 0.6 is 0 Å². The summed E-state index contributed by atoms with van der Waals surface area (Å²) in [6, 6.07) is 0. The second-order valence-electron chi connectivity index (χ2n) is 3.38. The summed E-state index contributed by atoms with van der Waals surface area (Å²) in [4.78, 5) is 10.8. The van der Waals surface area contributed by atoms with Gasteiger partial charge in [-0.05, 0) is 19.3 Å². The Morgan fingerprint density at radius 3 is 2.33 bits per heavy atom. The number of carbonyl (C=O) groups is 1. The van der Waals surface area contributed by atoms with Crippen LogP contribution in [0.5, 0.6) is 0 Å². The predicted octanol–water partition coefficient (Wildman–Crippen LogP) is 2.23. The molecule has 0 heterocycles. The number of carboxylic acids is 1.